The minimum Gasteiger partial charge on any atom is -0.460 e. The van der Waals surface area contributed by atoms with Crippen molar-refractivity contribution in [3.63, 3.8) is 0 Å². The Morgan fingerprint density at radius 1 is 1.41 bits per heavy atom. The van der Waals surface area contributed by atoms with Crippen LogP contribution in [0.5, 0.6) is 0 Å². The number of ether oxygens (including phenoxy) is 1. The predicted octanol–water partition coefficient (Wildman–Crippen LogP) is 0.388. The highest BCUT2D eigenvalue weighted by Gasteiger charge is 2.25. The molecule has 0 aromatic heterocycles. The van der Waals surface area contributed by atoms with Crippen molar-refractivity contribution in [2.24, 2.45) is 5.10 Å². The largest absolute Gasteiger partial charge is 0.460 e. The zero-order valence-electron chi connectivity index (χ0n) is 9.51. The number of rotatable bonds is 4. The van der Waals surface area contributed by atoms with Crippen LogP contribution in [0.25, 0.3) is 0 Å². The fourth-order valence-electron chi connectivity index (χ4n) is 1.48. The molecule has 0 saturated carbocycles. The molecule has 0 fully saturated rings. The first-order chi connectivity index (χ1) is 8.31. The normalized spacial score (nSPS) is 14.2. The molecule has 0 unspecified atom stereocenters. The molecule has 0 amide bonds. The lowest BCUT2D eigenvalue weighted by Crippen LogP contribution is -2.43. The summed E-state index contributed by atoms with van der Waals surface area (Å²) < 4.78 is 4.90. The van der Waals surface area contributed by atoms with Crippen molar-refractivity contribution in [1.82, 2.24) is 16.1 Å². The van der Waals surface area contributed by atoms with Crippen LogP contribution in [0.4, 0.5) is 0 Å². The number of benzene rings is 1. The van der Waals surface area contributed by atoms with E-state index in [4.69, 9.17) is 4.74 Å². The zero-order chi connectivity index (χ0) is 12.1. The monoisotopic (exact) mass is 234 g/mol. The summed E-state index contributed by atoms with van der Waals surface area (Å²) in [6.07, 6.45) is 0. The standard InChI is InChI=1S/C11H14N4O2/c1-2-17-11(16)10-12-13-14-15(10)8-9-6-4-3-5-7-9/h3-7,13-14H,2,8H2,1H3. The van der Waals surface area contributed by atoms with E-state index in [1.165, 1.54) is 0 Å². The third kappa shape index (κ3) is 2.73. The second-order valence-corrected chi connectivity index (χ2v) is 3.45. The van der Waals surface area contributed by atoms with Crippen molar-refractivity contribution in [2.75, 3.05) is 6.61 Å². The Kier molecular flexibility index (Phi) is 3.56. The SMILES string of the molecule is CCOC(=O)C1=NNNN1Cc1ccccc1. The van der Waals surface area contributed by atoms with Crippen LogP contribution in [-0.2, 0) is 16.1 Å². The van der Waals surface area contributed by atoms with Gasteiger partial charge in [-0.3, -0.25) is 5.01 Å². The van der Waals surface area contributed by atoms with E-state index in [9.17, 15) is 4.79 Å². The van der Waals surface area contributed by atoms with E-state index >= 15 is 0 Å². The van der Waals surface area contributed by atoms with Gasteiger partial charge in [0, 0.05) is 0 Å². The number of hydrazine groups is 2. The van der Waals surface area contributed by atoms with Crippen LogP contribution in [0.2, 0.25) is 0 Å². The molecule has 90 valence electrons. The maximum absolute atomic E-state index is 11.6. The molecule has 1 heterocycles. The highest BCUT2D eigenvalue weighted by Crippen LogP contribution is 2.05. The minimum atomic E-state index is -0.444. The molecule has 2 N–H and O–H groups in total. The molecule has 0 saturated heterocycles. The molecule has 1 aliphatic heterocycles. The van der Waals surface area contributed by atoms with Crippen LogP contribution < -0.4 is 11.1 Å². The number of nitrogens with zero attached hydrogens (tertiary/aromatic N) is 2. The number of hydrazone groups is 1. The Labute approximate surface area is 99.2 Å². The van der Waals surface area contributed by atoms with Gasteiger partial charge in [0.1, 0.15) is 0 Å². The summed E-state index contributed by atoms with van der Waals surface area (Å²) in [6.45, 7) is 2.62. The number of carbonyl (C=O) groups is 1. The molecule has 0 bridgehead atoms. The molecule has 6 nitrogen and oxygen atoms in total. The van der Waals surface area contributed by atoms with Crippen molar-refractivity contribution in [3.05, 3.63) is 35.9 Å². The Morgan fingerprint density at radius 3 is 2.88 bits per heavy atom. The molecule has 1 aliphatic rings. The lowest BCUT2D eigenvalue weighted by molar-refractivity contribution is -0.135. The topological polar surface area (TPSA) is 66.0 Å². The maximum atomic E-state index is 11.6. The van der Waals surface area contributed by atoms with Gasteiger partial charge in [0.25, 0.3) is 5.84 Å². The van der Waals surface area contributed by atoms with Gasteiger partial charge in [-0.05, 0) is 12.5 Å². The number of hydrogen-bond donors (Lipinski definition) is 2. The van der Waals surface area contributed by atoms with Crippen molar-refractivity contribution in [3.8, 4) is 0 Å². The summed E-state index contributed by atoms with van der Waals surface area (Å²) in [4.78, 5) is 11.6. The van der Waals surface area contributed by atoms with Crippen molar-refractivity contribution < 1.29 is 9.53 Å². The molecule has 0 spiro atoms. The van der Waals surface area contributed by atoms with Crippen LogP contribution in [0.15, 0.2) is 35.4 Å². The fourth-order valence-corrected chi connectivity index (χ4v) is 1.48. The number of carbonyl (C=O) groups excluding carboxylic acids is 1. The Hall–Kier alpha value is -2.08. The molecule has 0 atom stereocenters. The minimum absolute atomic E-state index is 0.232. The highest BCUT2D eigenvalue weighted by molar-refractivity contribution is 6.35. The first-order valence-corrected chi connectivity index (χ1v) is 5.38. The molecular weight excluding hydrogens is 220 g/mol. The van der Waals surface area contributed by atoms with Gasteiger partial charge in [-0.25, -0.2) is 10.3 Å². The molecule has 0 aliphatic carbocycles. The summed E-state index contributed by atoms with van der Waals surface area (Å²) in [6, 6.07) is 9.78. The second-order valence-electron chi connectivity index (χ2n) is 3.45. The van der Waals surface area contributed by atoms with Gasteiger partial charge in [0.2, 0.25) is 0 Å². The van der Waals surface area contributed by atoms with E-state index in [1.54, 1.807) is 11.9 Å². The quantitative estimate of drug-likeness (QED) is 0.738. The maximum Gasteiger partial charge on any atom is 0.377 e. The Morgan fingerprint density at radius 2 is 2.18 bits per heavy atom. The molecule has 0 radical (unpaired) electrons. The van der Waals surface area contributed by atoms with Gasteiger partial charge >= 0.3 is 5.97 Å². The highest BCUT2D eigenvalue weighted by atomic mass is 16.5. The predicted molar refractivity (Wildman–Crippen MR) is 62.3 cm³/mol. The third-order valence-electron chi connectivity index (χ3n) is 2.24. The van der Waals surface area contributed by atoms with E-state index in [-0.39, 0.29) is 5.84 Å². The van der Waals surface area contributed by atoms with E-state index < -0.39 is 5.97 Å². The summed E-state index contributed by atoms with van der Waals surface area (Å²) in [5.74, 6) is -0.211. The second kappa shape index (κ2) is 5.31. The van der Waals surface area contributed by atoms with Gasteiger partial charge in [-0.1, -0.05) is 30.3 Å². The van der Waals surface area contributed by atoms with Gasteiger partial charge in [-0.15, -0.1) is 10.6 Å². The fraction of sp³-hybridized carbons (Fsp3) is 0.273. The summed E-state index contributed by atoms with van der Waals surface area (Å²) in [7, 11) is 0. The number of esters is 1. The summed E-state index contributed by atoms with van der Waals surface area (Å²) in [5, 5.41) is 5.44. The van der Waals surface area contributed by atoms with Crippen LogP contribution >= 0.6 is 0 Å². The average Bonchev–Trinajstić information content (AvgIpc) is 2.79. The Bertz CT molecular complexity index is 419. The van der Waals surface area contributed by atoms with Crippen LogP contribution in [-0.4, -0.2) is 23.4 Å². The molecule has 1 aromatic rings. The molecule has 2 rings (SSSR count). The first-order valence-electron chi connectivity index (χ1n) is 5.38. The van der Waals surface area contributed by atoms with Gasteiger partial charge < -0.3 is 4.74 Å². The zero-order valence-corrected chi connectivity index (χ0v) is 9.51. The first kappa shape index (κ1) is 11.4. The molecule has 6 heteroatoms. The van der Waals surface area contributed by atoms with Gasteiger partial charge in [0.15, 0.2) is 0 Å². The Balaban J connectivity index is 2.02. The molecule has 17 heavy (non-hydrogen) atoms. The lowest BCUT2D eigenvalue weighted by atomic mass is 10.2. The number of hydrogen-bond acceptors (Lipinski definition) is 6. The summed E-state index contributed by atoms with van der Waals surface area (Å²) >= 11 is 0. The van der Waals surface area contributed by atoms with E-state index in [0.29, 0.717) is 13.2 Å². The van der Waals surface area contributed by atoms with Crippen molar-refractivity contribution in [1.29, 1.82) is 0 Å². The van der Waals surface area contributed by atoms with Crippen LogP contribution in [0.1, 0.15) is 12.5 Å². The average molecular weight is 234 g/mol. The van der Waals surface area contributed by atoms with Gasteiger partial charge in [-0.2, -0.15) is 0 Å². The molecular formula is C11H14N4O2. The number of nitrogens with one attached hydrogen (secondary N) is 2. The van der Waals surface area contributed by atoms with Crippen LogP contribution in [0, 0.1) is 0 Å². The van der Waals surface area contributed by atoms with Crippen molar-refractivity contribution in [2.45, 2.75) is 13.5 Å². The van der Waals surface area contributed by atoms with E-state index in [2.05, 4.69) is 16.2 Å². The van der Waals surface area contributed by atoms with Gasteiger partial charge in [0.05, 0.1) is 13.2 Å². The van der Waals surface area contributed by atoms with Crippen LogP contribution in [0.3, 0.4) is 0 Å². The van der Waals surface area contributed by atoms with E-state index in [0.717, 1.165) is 5.56 Å². The summed E-state index contributed by atoms with van der Waals surface area (Å²) in [5.41, 5.74) is 6.39. The number of amidine groups is 1. The van der Waals surface area contributed by atoms with E-state index in [1.807, 2.05) is 30.3 Å². The molecule has 1 aromatic carbocycles. The van der Waals surface area contributed by atoms with Crippen molar-refractivity contribution >= 4 is 11.8 Å². The lowest BCUT2D eigenvalue weighted by Gasteiger charge is -2.17. The third-order valence-corrected chi connectivity index (χ3v) is 2.24. The smallest absolute Gasteiger partial charge is 0.377 e.